The van der Waals surface area contributed by atoms with Crippen molar-refractivity contribution >= 4 is 5.82 Å². The van der Waals surface area contributed by atoms with Crippen molar-refractivity contribution in [3.63, 3.8) is 0 Å². The van der Waals surface area contributed by atoms with Crippen LogP contribution in [0.5, 0.6) is 11.5 Å². The number of nitrogen functional groups attached to an aromatic ring is 1. The molecule has 0 radical (unpaired) electrons. The largest absolute Gasteiger partial charge is 0.668 e. The lowest BCUT2D eigenvalue weighted by Gasteiger charge is -2.34. The number of rotatable bonds is 14. The van der Waals surface area contributed by atoms with Gasteiger partial charge in [0.15, 0.2) is 11.5 Å². The maximum atomic E-state index is 11.8. The van der Waals surface area contributed by atoms with Crippen LogP contribution < -0.4 is 15.5 Å². The predicted octanol–water partition coefficient (Wildman–Crippen LogP) is 4.46. The third-order valence-corrected chi connectivity index (χ3v) is 10.2. The zero-order chi connectivity index (χ0) is 35.5. The van der Waals surface area contributed by atoms with E-state index in [1.54, 1.807) is 30.6 Å². The number of pyridine rings is 1. The Kier molecular flexibility index (Phi) is 13.8. The van der Waals surface area contributed by atoms with Crippen molar-refractivity contribution in [3.8, 4) is 23.3 Å². The topological polar surface area (TPSA) is 173 Å². The van der Waals surface area contributed by atoms with Gasteiger partial charge >= 0.3 is 0 Å². The summed E-state index contributed by atoms with van der Waals surface area (Å²) in [5.41, 5.74) is 8.60. The quantitative estimate of drug-likeness (QED) is 0.105. The minimum Gasteiger partial charge on any atom is -0.668 e. The molecule has 0 aliphatic heterocycles. The van der Waals surface area contributed by atoms with Gasteiger partial charge in [-0.2, -0.15) is 11.9 Å². The number of ether oxygens (including phenoxy) is 2. The molecule has 9 atom stereocenters. The number of aromatic nitrogens is 2. The first kappa shape index (κ1) is 37.4. The van der Waals surface area contributed by atoms with Gasteiger partial charge in [0, 0.05) is 29.9 Å². The molecule has 0 amide bonds. The molecule has 2 aromatic heterocycles. The average Bonchev–Trinajstić information content (AvgIpc) is 3.58. The van der Waals surface area contributed by atoms with E-state index in [0.717, 1.165) is 48.9 Å². The molecule has 10 nitrogen and oxygen atoms in total. The molecular formula is C40H52N3O7-. The maximum absolute atomic E-state index is 11.8. The Morgan fingerprint density at radius 1 is 1.08 bits per heavy atom. The monoisotopic (exact) mass is 686 g/mol. The average molecular weight is 687 g/mol. The summed E-state index contributed by atoms with van der Waals surface area (Å²) in [6, 6.07) is 12.6. The summed E-state index contributed by atoms with van der Waals surface area (Å²) in [4.78, 5) is 8.55. The third kappa shape index (κ3) is 9.89. The second-order valence-electron chi connectivity index (χ2n) is 13.6. The van der Waals surface area contributed by atoms with Gasteiger partial charge in [0.2, 0.25) is 0 Å². The first-order chi connectivity index (χ1) is 24.3. The normalized spacial score (nSPS) is 25.7. The van der Waals surface area contributed by atoms with Crippen molar-refractivity contribution < 1.29 is 35.0 Å². The molecule has 270 valence electrons. The van der Waals surface area contributed by atoms with Gasteiger partial charge in [-0.1, -0.05) is 62.0 Å². The first-order valence-corrected chi connectivity index (χ1v) is 18.0. The molecule has 0 fully saturated rings. The van der Waals surface area contributed by atoms with Gasteiger partial charge in [-0.25, -0.2) is 4.98 Å². The Labute approximate surface area is 295 Å². The number of aliphatic hydroxyl groups is 4. The molecule has 0 saturated carbocycles. The van der Waals surface area contributed by atoms with E-state index in [9.17, 15) is 25.5 Å². The Balaban J connectivity index is 1.42. The molecular weight excluding hydrogens is 634 g/mol. The number of aliphatic hydroxyl groups excluding tert-OH is 4. The van der Waals surface area contributed by atoms with E-state index >= 15 is 0 Å². The van der Waals surface area contributed by atoms with Crippen LogP contribution in [-0.2, 0) is 11.2 Å². The summed E-state index contributed by atoms with van der Waals surface area (Å²) in [5, 5.41) is 53.3. The van der Waals surface area contributed by atoms with E-state index in [4.69, 9.17) is 15.2 Å². The fourth-order valence-corrected chi connectivity index (χ4v) is 7.37. The van der Waals surface area contributed by atoms with Crippen molar-refractivity contribution in [2.24, 2.45) is 17.8 Å². The van der Waals surface area contributed by atoms with E-state index in [1.807, 2.05) is 24.3 Å². The number of anilines is 1. The standard InChI is InChI=1S/C40H52N3O7/c1-2-26-6-3-4-8-36(49-19-18-44)40-27(10-9-26)11-12-28(21-34(40)47)29-13-14-33(46)37(22-29)50-38(35(48)25-45)23-31(20-32-7-5-16-42-32)30-15-17-43-39(41)24-30/h5,7,11-17,22,24,26-28,31,34-36,38,40,44-48H,2-4,6,8,18-21,23,25H2,1H3,(H2,41,43)/q-1. The number of phenols is 1. The Morgan fingerprint density at radius 3 is 2.66 bits per heavy atom. The minimum atomic E-state index is -1.24. The van der Waals surface area contributed by atoms with Gasteiger partial charge < -0.3 is 45.7 Å². The van der Waals surface area contributed by atoms with Gasteiger partial charge in [0.1, 0.15) is 18.0 Å². The maximum Gasteiger partial charge on any atom is 0.161 e. The lowest BCUT2D eigenvalue weighted by molar-refractivity contribution is -0.0602. The summed E-state index contributed by atoms with van der Waals surface area (Å²) < 4.78 is 12.5. The third-order valence-electron chi connectivity index (χ3n) is 10.2. The van der Waals surface area contributed by atoms with E-state index in [-0.39, 0.29) is 54.5 Å². The van der Waals surface area contributed by atoms with Crippen LogP contribution >= 0.6 is 0 Å². The lowest BCUT2D eigenvalue weighted by Crippen LogP contribution is -2.39. The van der Waals surface area contributed by atoms with Crippen LogP contribution in [0.2, 0.25) is 0 Å². The number of nitrogens with two attached hydrogens (primary N) is 1. The zero-order valence-corrected chi connectivity index (χ0v) is 28.8. The van der Waals surface area contributed by atoms with Crippen molar-refractivity contribution in [3.05, 3.63) is 83.8 Å². The SMILES string of the molecule is CCC1C#CC2C=CC(c3ccc(O)c(OC(CC(Cc4ccc[n-]4)c4ccnc(N)c4)C(O)CO)c3)CC(O)C2C(OCCO)CCCC1. The smallest absolute Gasteiger partial charge is 0.161 e. The highest BCUT2D eigenvalue weighted by molar-refractivity contribution is 5.44. The summed E-state index contributed by atoms with van der Waals surface area (Å²) in [6.07, 6.45) is 10.5. The summed E-state index contributed by atoms with van der Waals surface area (Å²) in [7, 11) is 0. The fraction of sp³-hybridized carbons (Fsp3) is 0.525. The molecule has 0 bridgehead atoms. The van der Waals surface area contributed by atoms with Crippen molar-refractivity contribution in [2.45, 2.75) is 94.5 Å². The van der Waals surface area contributed by atoms with E-state index in [2.05, 4.69) is 40.9 Å². The molecule has 10 heteroatoms. The molecule has 50 heavy (non-hydrogen) atoms. The number of fused-ring (bicyclic) bond motifs is 1. The van der Waals surface area contributed by atoms with Crippen molar-refractivity contribution in [1.82, 2.24) is 9.97 Å². The van der Waals surface area contributed by atoms with Gasteiger partial charge in [-0.3, -0.25) is 0 Å². The number of hydrogen-bond donors (Lipinski definition) is 6. The molecule has 9 unspecified atom stereocenters. The lowest BCUT2D eigenvalue weighted by atomic mass is 9.79. The van der Waals surface area contributed by atoms with Crippen LogP contribution in [0.25, 0.3) is 0 Å². The summed E-state index contributed by atoms with van der Waals surface area (Å²) in [6.45, 7) is 1.74. The van der Waals surface area contributed by atoms with Gasteiger partial charge in [0.25, 0.3) is 0 Å². The fourth-order valence-electron chi connectivity index (χ4n) is 7.37. The molecule has 2 heterocycles. The Hall–Kier alpha value is -3.85. The van der Waals surface area contributed by atoms with Crippen LogP contribution in [0.4, 0.5) is 5.82 Å². The van der Waals surface area contributed by atoms with Gasteiger partial charge in [-0.15, -0.1) is 0 Å². The molecule has 3 aromatic rings. The van der Waals surface area contributed by atoms with E-state index in [1.165, 1.54) is 0 Å². The van der Waals surface area contributed by atoms with E-state index in [0.29, 0.717) is 31.0 Å². The molecule has 0 spiro atoms. The number of allylic oxidation sites excluding steroid dienone is 2. The van der Waals surface area contributed by atoms with Crippen LogP contribution in [0, 0.1) is 29.6 Å². The first-order valence-electron chi connectivity index (χ1n) is 18.0. The van der Waals surface area contributed by atoms with Gasteiger partial charge in [0.05, 0.1) is 32.0 Å². The van der Waals surface area contributed by atoms with Crippen molar-refractivity contribution in [2.75, 3.05) is 25.6 Å². The van der Waals surface area contributed by atoms with Crippen LogP contribution in [-0.4, -0.2) is 74.8 Å². The number of phenolic OH excluding ortho intramolecular Hbond substituents is 1. The highest BCUT2D eigenvalue weighted by Gasteiger charge is 2.38. The molecule has 7 N–H and O–H groups in total. The molecule has 2 aliphatic rings. The second-order valence-corrected chi connectivity index (χ2v) is 13.6. The minimum absolute atomic E-state index is 0.0872. The van der Waals surface area contributed by atoms with Crippen LogP contribution in [0.15, 0.2) is 67.0 Å². The summed E-state index contributed by atoms with van der Waals surface area (Å²) >= 11 is 0. The zero-order valence-electron chi connectivity index (χ0n) is 28.8. The number of aromatic hydroxyl groups is 1. The Morgan fingerprint density at radius 2 is 1.92 bits per heavy atom. The highest BCUT2D eigenvalue weighted by atomic mass is 16.5. The second kappa shape index (κ2) is 18.4. The highest BCUT2D eigenvalue weighted by Crippen LogP contribution is 2.40. The molecule has 5 rings (SSSR count). The molecule has 0 saturated heterocycles. The summed E-state index contributed by atoms with van der Waals surface area (Å²) in [5.74, 6) is 6.82. The van der Waals surface area contributed by atoms with Crippen LogP contribution in [0.1, 0.15) is 80.5 Å². The molecule has 1 aromatic carbocycles. The number of hydrogen-bond acceptors (Lipinski definition) is 9. The van der Waals surface area contributed by atoms with Gasteiger partial charge in [-0.05, 0) is 79.8 Å². The van der Waals surface area contributed by atoms with Crippen molar-refractivity contribution in [1.29, 1.82) is 0 Å². The number of nitrogens with zero attached hydrogens (tertiary/aromatic N) is 2. The Bertz CT molecular complexity index is 1570. The molecule has 2 aliphatic carbocycles. The van der Waals surface area contributed by atoms with E-state index < -0.39 is 24.9 Å². The number of benzene rings is 1. The van der Waals surface area contributed by atoms with Crippen LogP contribution in [0.3, 0.4) is 0 Å². The predicted molar refractivity (Wildman–Crippen MR) is 191 cm³/mol.